The van der Waals surface area contributed by atoms with Crippen LogP contribution in [-0.2, 0) is 6.54 Å². The number of carbonyl (C=O) groups is 1. The number of hydrogen-bond donors (Lipinski definition) is 0. The lowest BCUT2D eigenvalue weighted by Gasteiger charge is -2.33. The Kier molecular flexibility index (Phi) is 5.18. The topological polar surface area (TPSA) is 81.7 Å². The molecule has 0 saturated carbocycles. The molecule has 2 aromatic heterocycles. The molecule has 8 heteroatoms. The largest absolute Gasteiger partial charge is 0.339 e. The lowest BCUT2D eigenvalue weighted by molar-refractivity contribution is 0.0682. The van der Waals surface area contributed by atoms with E-state index in [1.807, 2.05) is 35.4 Å². The van der Waals surface area contributed by atoms with E-state index in [0.717, 1.165) is 38.3 Å². The second-order valence-corrected chi connectivity index (χ2v) is 7.60. The number of rotatable bonds is 5. The summed E-state index contributed by atoms with van der Waals surface area (Å²) in [7, 11) is 0. The van der Waals surface area contributed by atoms with Gasteiger partial charge in [-0.1, -0.05) is 26.0 Å². The third-order valence-electron chi connectivity index (χ3n) is 5.35. The highest BCUT2D eigenvalue weighted by atomic mass is 16.2. The van der Waals surface area contributed by atoms with Crippen LogP contribution in [0.25, 0.3) is 5.69 Å². The van der Waals surface area contributed by atoms with Gasteiger partial charge in [-0.25, -0.2) is 4.98 Å². The molecule has 0 unspecified atom stereocenters. The van der Waals surface area contributed by atoms with E-state index in [1.54, 1.807) is 0 Å². The molecule has 0 aliphatic carbocycles. The molecule has 146 valence electrons. The molecule has 4 rings (SSSR count). The fraction of sp³-hybridized carbons (Fsp3) is 0.450. The Morgan fingerprint density at radius 2 is 2.00 bits per heavy atom. The van der Waals surface area contributed by atoms with Crippen LogP contribution in [0.1, 0.15) is 48.8 Å². The van der Waals surface area contributed by atoms with Crippen LogP contribution in [0, 0.1) is 5.92 Å². The van der Waals surface area contributed by atoms with Gasteiger partial charge in [0.1, 0.15) is 12.2 Å². The Balaban J connectivity index is 1.42. The maximum absolute atomic E-state index is 13.1. The Bertz CT molecular complexity index is 924. The summed E-state index contributed by atoms with van der Waals surface area (Å²) in [6.07, 6.45) is 7.44. The number of likely N-dealkylation sites (tertiary alicyclic amines) is 1. The Hall–Kier alpha value is -3.03. The molecule has 3 aromatic rings. The van der Waals surface area contributed by atoms with Crippen molar-refractivity contribution in [2.75, 3.05) is 13.1 Å². The molecule has 1 aliphatic heterocycles. The monoisotopic (exact) mass is 379 g/mol. The summed E-state index contributed by atoms with van der Waals surface area (Å²) in [6, 6.07) is 7.46. The fourth-order valence-electron chi connectivity index (χ4n) is 3.87. The highest BCUT2D eigenvalue weighted by Crippen LogP contribution is 2.24. The summed E-state index contributed by atoms with van der Waals surface area (Å²) in [6.45, 7) is 6.83. The third kappa shape index (κ3) is 3.67. The normalized spacial score (nSPS) is 15.3. The maximum atomic E-state index is 13.1. The van der Waals surface area contributed by atoms with Crippen LogP contribution in [0.15, 0.2) is 43.0 Å². The van der Waals surface area contributed by atoms with Gasteiger partial charge < -0.3 is 9.47 Å². The van der Waals surface area contributed by atoms with Crippen molar-refractivity contribution in [2.24, 2.45) is 5.92 Å². The van der Waals surface area contributed by atoms with Gasteiger partial charge in [0.25, 0.3) is 5.91 Å². The molecule has 8 nitrogen and oxygen atoms in total. The highest BCUT2D eigenvalue weighted by Gasteiger charge is 2.26. The molecule has 1 fully saturated rings. The van der Waals surface area contributed by atoms with E-state index in [2.05, 4.69) is 45.1 Å². The first kappa shape index (κ1) is 18.3. The fourth-order valence-corrected chi connectivity index (χ4v) is 3.87. The van der Waals surface area contributed by atoms with Gasteiger partial charge in [0, 0.05) is 37.9 Å². The van der Waals surface area contributed by atoms with E-state index in [4.69, 9.17) is 0 Å². The molecule has 3 heterocycles. The quantitative estimate of drug-likeness (QED) is 0.680. The molecule has 0 bridgehead atoms. The molecule has 1 amide bonds. The smallest absolute Gasteiger partial charge is 0.256 e. The average Bonchev–Trinajstić information content (AvgIpc) is 3.40. The number of para-hydroxylation sites is 1. The van der Waals surface area contributed by atoms with Gasteiger partial charge in [-0.05, 0) is 41.3 Å². The summed E-state index contributed by atoms with van der Waals surface area (Å²) in [5.74, 6) is 2.15. The zero-order chi connectivity index (χ0) is 19.5. The molecule has 0 atom stereocenters. The van der Waals surface area contributed by atoms with Crippen molar-refractivity contribution in [3.05, 3.63) is 54.4 Å². The van der Waals surface area contributed by atoms with Gasteiger partial charge in [-0.15, -0.1) is 5.10 Å². The van der Waals surface area contributed by atoms with Crippen LogP contribution in [0.3, 0.4) is 0 Å². The zero-order valence-electron chi connectivity index (χ0n) is 16.3. The second-order valence-electron chi connectivity index (χ2n) is 7.60. The van der Waals surface area contributed by atoms with E-state index >= 15 is 0 Å². The van der Waals surface area contributed by atoms with Crippen LogP contribution in [0.2, 0.25) is 0 Å². The van der Waals surface area contributed by atoms with Crippen molar-refractivity contribution >= 4 is 5.91 Å². The van der Waals surface area contributed by atoms with Crippen molar-refractivity contribution in [1.29, 1.82) is 0 Å². The first-order valence-corrected chi connectivity index (χ1v) is 9.76. The summed E-state index contributed by atoms with van der Waals surface area (Å²) in [5, 5.41) is 11.3. The lowest BCUT2D eigenvalue weighted by Crippen LogP contribution is -2.39. The number of tetrazole rings is 1. The molecule has 1 saturated heterocycles. The van der Waals surface area contributed by atoms with Gasteiger partial charge in [-0.2, -0.15) is 4.68 Å². The Morgan fingerprint density at radius 3 is 2.71 bits per heavy atom. The van der Waals surface area contributed by atoms with E-state index < -0.39 is 0 Å². The molecule has 1 aromatic carbocycles. The third-order valence-corrected chi connectivity index (χ3v) is 5.35. The van der Waals surface area contributed by atoms with Crippen LogP contribution in [0.5, 0.6) is 0 Å². The lowest BCUT2D eigenvalue weighted by atomic mass is 9.95. The van der Waals surface area contributed by atoms with Crippen molar-refractivity contribution < 1.29 is 4.79 Å². The number of amides is 1. The zero-order valence-corrected chi connectivity index (χ0v) is 16.3. The molecule has 0 spiro atoms. The van der Waals surface area contributed by atoms with Crippen LogP contribution in [0.4, 0.5) is 0 Å². The predicted octanol–water partition coefficient (Wildman–Crippen LogP) is 2.53. The summed E-state index contributed by atoms with van der Waals surface area (Å²) < 4.78 is 3.80. The van der Waals surface area contributed by atoms with Crippen molar-refractivity contribution in [3.63, 3.8) is 0 Å². The van der Waals surface area contributed by atoms with Crippen LogP contribution >= 0.6 is 0 Å². The van der Waals surface area contributed by atoms with Crippen LogP contribution < -0.4 is 0 Å². The van der Waals surface area contributed by atoms with Crippen molar-refractivity contribution in [2.45, 2.75) is 39.2 Å². The van der Waals surface area contributed by atoms with Crippen molar-refractivity contribution in [1.82, 2.24) is 34.7 Å². The number of aromatic nitrogens is 6. The predicted molar refractivity (Wildman–Crippen MR) is 104 cm³/mol. The average molecular weight is 379 g/mol. The SMILES string of the molecule is CC(C)c1nccn1CC1CCN(C(=O)c2ccccc2-n2cnnn2)CC1. The minimum atomic E-state index is 0.0371. The Labute approximate surface area is 164 Å². The second kappa shape index (κ2) is 7.92. The van der Waals surface area contributed by atoms with E-state index in [0.29, 0.717) is 23.1 Å². The van der Waals surface area contributed by atoms with Gasteiger partial charge in [-0.3, -0.25) is 4.79 Å². The number of imidazole rings is 1. The summed E-state index contributed by atoms with van der Waals surface area (Å²) in [4.78, 5) is 19.5. The minimum Gasteiger partial charge on any atom is -0.339 e. The number of benzene rings is 1. The summed E-state index contributed by atoms with van der Waals surface area (Å²) in [5.41, 5.74) is 1.34. The number of nitrogens with zero attached hydrogens (tertiary/aromatic N) is 7. The van der Waals surface area contributed by atoms with Gasteiger partial charge in [0.15, 0.2) is 0 Å². The molecule has 0 N–H and O–H groups in total. The van der Waals surface area contributed by atoms with E-state index in [9.17, 15) is 4.79 Å². The summed E-state index contributed by atoms with van der Waals surface area (Å²) >= 11 is 0. The number of carbonyl (C=O) groups excluding carboxylic acids is 1. The molecule has 1 aliphatic rings. The van der Waals surface area contributed by atoms with Gasteiger partial charge in [0.2, 0.25) is 0 Å². The molecular formula is C20H25N7O. The maximum Gasteiger partial charge on any atom is 0.256 e. The highest BCUT2D eigenvalue weighted by molar-refractivity contribution is 5.97. The van der Waals surface area contributed by atoms with E-state index in [1.165, 1.54) is 11.0 Å². The Morgan fingerprint density at radius 1 is 1.21 bits per heavy atom. The van der Waals surface area contributed by atoms with Crippen LogP contribution in [-0.4, -0.2) is 53.7 Å². The van der Waals surface area contributed by atoms with Gasteiger partial charge >= 0.3 is 0 Å². The molecular weight excluding hydrogens is 354 g/mol. The molecule has 28 heavy (non-hydrogen) atoms. The first-order valence-electron chi connectivity index (χ1n) is 9.76. The first-order chi connectivity index (χ1) is 13.6. The van der Waals surface area contributed by atoms with Crippen molar-refractivity contribution in [3.8, 4) is 5.69 Å². The molecule has 0 radical (unpaired) electrons. The minimum absolute atomic E-state index is 0.0371. The van der Waals surface area contributed by atoms with E-state index in [-0.39, 0.29) is 5.91 Å². The van der Waals surface area contributed by atoms with Gasteiger partial charge in [0.05, 0.1) is 11.3 Å². The number of hydrogen-bond acceptors (Lipinski definition) is 5. The standard InChI is InChI=1S/C20H25N7O/c1-15(2)19-21-9-12-26(19)13-16-7-10-25(11-8-16)20(28)17-5-3-4-6-18(17)27-14-22-23-24-27/h3-6,9,12,14-16H,7-8,10-11,13H2,1-2H3. The number of piperidine rings is 1.